The third-order valence-electron chi connectivity index (χ3n) is 5.37. The minimum Gasteiger partial charge on any atom is -0.493 e. The zero-order valence-electron chi connectivity index (χ0n) is 19.6. The van der Waals surface area contributed by atoms with Crippen LogP contribution in [0.25, 0.3) is 0 Å². The van der Waals surface area contributed by atoms with Gasteiger partial charge in [-0.15, -0.1) is 0 Å². The van der Waals surface area contributed by atoms with Crippen molar-refractivity contribution in [3.63, 3.8) is 0 Å². The molecule has 32 heavy (non-hydrogen) atoms. The van der Waals surface area contributed by atoms with Crippen molar-refractivity contribution in [3.8, 4) is 23.0 Å². The first-order chi connectivity index (χ1) is 15.7. The van der Waals surface area contributed by atoms with E-state index in [4.69, 9.17) is 23.9 Å². The molecule has 2 aromatic carbocycles. The lowest BCUT2D eigenvalue weighted by atomic mass is 10.1. The van der Waals surface area contributed by atoms with E-state index in [-0.39, 0.29) is 0 Å². The van der Waals surface area contributed by atoms with E-state index < -0.39 is 0 Å². The molecular formula is C25H35N3O4. The summed E-state index contributed by atoms with van der Waals surface area (Å²) in [5.41, 5.74) is 2.12. The van der Waals surface area contributed by atoms with Crippen molar-refractivity contribution in [2.75, 3.05) is 41.0 Å². The summed E-state index contributed by atoms with van der Waals surface area (Å²) in [5.74, 6) is 4.36. The van der Waals surface area contributed by atoms with Crippen LogP contribution in [0.4, 0.5) is 0 Å². The Hall–Kier alpha value is -3.09. The lowest BCUT2D eigenvalue weighted by Crippen LogP contribution is -2.38. The molecule has 0 spiro atoms. The summed E-state index contributed by atoms with van der Waals surface area (Å²) in [4.78, 5) is 4.76. The summed E-state index contributed by atoms with van der Waals surface area (Å²) in [6.07, 6.45) is 3.30. The predicted octanol–water partition coefficient (Wildman–Crippen LogP) is 3.80. The normalized spacial score (nSPS) is 13.4. The van der Waals surface area contributed by atoms with E-state index in [1.165, 1.54) is 12.8 Å². The zero-order chi connectivity index (χ0) is 22.8. The highest BCUT2D eigenvalue weighted by atomic mass is 16.5. The Bertz CT molecular complexity index is 897. The lowest BCUT2D eigenvalue weighted by molar-refractivity contribution is 0.297. The number of hydrogen-bond donors (Lipinski definition) is 2. The van der Waals surface area contributed by atoms with E-state index in [0.29, 0.717) is 30.3 Å². The van der Waals surface area contributed by atoms with Crippen LogP contribution in [0.15, 0.2) is 41.4 Å². The van der Waals surface area contributed by atoms with Gasteiger partial charge in [0.15, 0.2) is 17.5 Å². The third kappa shape index (κ3) is 6.45. The molecule has 1 aliphatic carbocycles. The van der Waals surface area contributed by atoms with Crippen LogP contribution < -0.4 is 29.6 Å². The topological polar surface area (TPSA) is 73.3 Å². The molecule has 1 saturated carbocycles. The Balaban J connectivity index is 1.62. The van der Waals surface area contributed by atoms with Crippen LogP contribution in [0.2, 0.25) is 0 Å². The standard InChI is InChI=1S/C25H35N3O4/c1-5-26-25(28-16-20-8-6-7-9-21(20)32-17-18-10-11-18)27-15-14-19-12-13-22(29-2)24(31-4)23(19)30-3/h6-9,12-13,18H,5,10-11,14-17H2,1-4H3,(H2,26,27,28). The van der Waals surface area contributed by atoms with Gasteiger partial charge in [-0.2, -0.15) is 0 Å². The number of hydrogen-bond acceptors (Lipinski definition) is 5. The van der Waals surface area contributed by atoms with Gasteiger partial charge in [0.05, 0.1) is 34.5 Å². The van der Waals surface area contributed by atoms with Crippen LogP contribution in [-0.4, -0.2) is 47.0 Å². The zero-order valence-corrected chi connectivity index (χ0v) is 19.6. The Kier molecular flexibility index (Phi) is 8.90. The van der Waals surface area contributed by atoms with Crippen molar-refractivity contribution in [1.82, 2.24) is 10.6 Å². The van der Waals surface area contributed by atoms with Gasteiger partial charge in [-0.1, -0.05) is 24.3 Å². The molecular weight excluding hydrogens is 406 g/mol. The molecule has 0 radical (unpaired) electrons. The highest BCUT2D eigenvalue weighted by molar-refractivity contribution is 5.79. The first-order valence-corrected chi connectivity index (χ1v) is 11.2. The highest BCUT2D eigenvalue weighted by Gasteiger charge is 2.22. The van der Waals surface area contributed by atoms with Crippen molar-refractivity contribution in [1.29, 1.82) is 0 Å². The smallest absolute Gasteiger partial charge is 0.203 e. The lowest BCUT2D eigenvalue weighted by Gasteiger charge is -2.17. The Morgan fingerprint density at radius 1 is 0.906 bits per heavy atom. The largest absolute Gasteiger partial charge is 0.493 e. The van der Waals surface area contributed by atoms with Crippen LogP contribution >= 0.6 is 0 Å². The van der Waals surface area contributed by atoms with Gasteiger partial charge >= 0.3 is 0 Å². The van der Waals surface area contributed by atoms with Crippen molar-refractivity contribution in [2.45, 2.75) is 32.7 Å². The number of ether oxygens (including phenoxy) is 4. The Morgan fingerprint density at radius 2 is 1.69 bits per heavy atom. The molecule has 174 valence electrons. The van der Waals surface area contributed by atoms with E-state index in [0.717, 1.165) is 48.3 Å². The molecule has 0 heterocycles. The molecule has 3 rings (SSSR count). The number of benzene rings is 2. The maximum absolute atomic E-state index is 6.01. The molecule has 0 saturated heterocycles. The summed E-state index contributed by atoms with van der Waals surface area (Å²) in [7, 11) is 4.87. The molecule has 1 fully saturated rings. The van der Waals surface area contributed by atoms with Crippen molar-refractivity contribution < 1.29 is 18.9 Å². The van der Waals surface area contributed by atoms with E-state index in [1.54, 1.807) is 21.3 Å². The fourth-order valence-corrected chi connectivity index (χ4v) is 3.45. The van der Waals surface area contributed by atoms with Gasteiger partial charge in [0.25, 0.3) is 0 Å². The minimum absolute atomic E-state index is 0.551. The average Bonchev–Trinajstić information content (AvgIpc) is 3.65. The number of methoxy groups -OCH3 is 3. The molecule has 0 atom stereocenters. The van der Waals surface area contributed by atoms with E-state index in [2.05, 4.69) is 23.6 Å². The molecule has 7 heteroatoms. The molecule has 0 bridgehead atoms. The Labute approximate surface area is 191 Å². The second-order valence-electron chi connectivity index (χ2n) is 7.73. The van der Waals surface area contributed by atoms with Crippen LogP contribution in [-0.2, 0) is 13.0 Å². The summed E-state index contributed by atoms with van der Waals surface area (Å²) in [6.45, 7) is 4.88. The first kappa shape index (κ1) is 23.6. The second-order valence-corrected chi connectivity index (χ2v) is 7.73. The van der Waals surface area contributed by atoms with Gasteiger partial charge < -0.3 is 29.6 Å². The molecule has 0 aromatic heterocycles. The van der Waals surface area contributed by atoms with Crippen LogP contribution in [0.1, 0.15) is 30.9 Å². The third-order valence-corrected chi connectivity index (χ3v) is 5.37. The van der Waals surface area contributed by atoms with Crippen molar-refractivity contribution >= 4 is 5.96 Å². The predicted molar refractivity (Wildman–Crippen MR) is 127 cm³/mol. The van der Waals surface area contributed by atoms with Crippen molar-refractivity contribution in [2.24, 2.45) is 10.9 Å². The summed E-state index contributed by atoms with van der Waals surface area (Å²) in [5, 5.41) is 6.72. The average molecular weight is 442 g/mol. The van der Waals surface area contributed by atoms with Crippen LogP contribution in [0.3, 0.4) is 0 Å². The fraction of sp³-hybridized carbons (Fsp3) is 0.480. The number of aliphatic imine (C=N–C) groups is 1. The number of nitrogens with zero attached hydrogens (tertiary/aromatic N) is 1. The minimum atomic E-state index is 0.551. The first-order valence-electron chi connectivity index (χ1n) is 11.2. The molecule has 0 unspecified atom stereocenters. The number of rotatable bonds is 12. The van der Waals surface area contributed by atoms with Gasteiger partial charge in [-0.05, 0) is 44.2 Å². The molecule has 2 N–H and O–H groups in total. The van der Waals surface area contributed by atoms with Gasteiger partial charge in [0, 0.05) is 24.2 Å². The highest BCUT2D eigenvalue weighted by Crippen LogP contribution is 2.39. The van der Waals surface area contributed by atoms with E-state index in [1.807, 2.05) is 30.3 Å². The maximum atomic E-state index is 6.01. The molecule has 1 aliphatic rings. The quantitative estimate of drug-likeness (QED) is 0.386. The monoisotopic (exact) mass is 441 g/mol. The summed E-state index contributed by atoms with van der Waals surface area (Å²) in [6, 6.07) is 12.0. The van der Waals surface area contributed by atoms with Crippen LogP contribution in [0, 0.1) is 5.92 Å². The number of nitrogens with one attached hydrogen (secondary N) is 2. The summed E-state index contributed by atoms with van der Waals surface area (Å²) < 4.78 is 22.4. The Morgan fingerprint density at radius 3 is 2.38 bits per heavy atom. The SMILES string of the molecule is CCNC(=NCc1ccccc1OCC1CC1)NCCc1ccc(OC)c(OC)c1OC. The van der Waals surface area contributed by atoms with E-state index in [9.17, 15) is 0 Å². The van der Waals surface area contributed by atoms with Gasteiger partial charge in [0.2, 0.25) is 5.75 Å². The fourth-order valence-electron chi connectivity index (χ4n) is 3.45. The van der Waals surface area contributed by atoms with Crippen LogP contribution in [0.5, 0.6) is 23.0 Å². The van der Waals surface area contributed by atoms with Gasteiger partial charge in [-0.3, -0.25) is 0 Å². The van der Waals surface area contributed by atoms with Gasteiger partial charge in [-0.25, -0.2) is 4.99 Å². The number of guanidine groups is 1. The van der Waals surface area contributed by atoms with E-state index >= 15 is 0 Å². The van der Waals surface area contributed by atoms with Gasteiger partial charge in [0.1, 0.15) is 5.75 Å². The maximum Gasteiger partial charge on any atom is 0.203 e. The molecule has 7 nitrogen and oxygen atoms in total. The molecule has 0 aliphatic heterocycles. The summed E-state index contributed by atoms with van der Waals surface area (Å²) >= 11 is 0. The molecule has 0 amide bonds. The van der Waals surface area contributed by atoms with Crippen molar-refractivity contribution in [3.05, 3.63) is 47.5 Å². The second kappa shape index (κ2) is 12.1. The number of para-hydroxylation sites is 1. The molecule has 2 aromatic rings.